The normalized spacial score (nSPS) is 14.5. The number of rotatable bonds is 2. The molecule has 1 aromatic rings. The van der Waals surface area contributed by atoms with E-state index >= 15 is 0 Å². The fourth-order valence-corrected chi connectivity index (χ4v) is 1.67. The molecule has 2 heterocycles. The Hall–Kier alpha value is -1.42. The Balaban J connectivity index is 2.24. The summed E-state index contributed by atoms with van der Waals surface area (Å²) in [5.74, 6) is -0.286. The summed E-state index contributed by atoms with van der Waals surface area (Å²) < 4.78 is 4.92. The second-order valence-corrected chi connectivity index (χ2v) is 3.48. The van der Waals surface area contributed by atoms with E-state index in [1.165, 1.54) is 0 Å². The highest BCUT2D eigenvalue weighted by Crippen LogP contribution is 2.13. The van der Waals surface area contributed by atoms with Crippen molar-refractivity contribution in [3.63, 3.8) is 0 Å². The molecule has 0 spiro atoms. The van der Waals surface area contributed by atoms with Gasteiger partial charge < -0.3 is 10.1 Å². The number of carbonyl (C=O) groups excluding carboxylic acids is 1. The van der Waals surface area contributed by atoms with Crippen LogP contribution in [0.1, 0.15) is 28.5 Å². The molecule has 0 unspecified atom stereocenters. The largest absolute Gasteiger partial charge is 0.462 e. The van der Waals surface area contributed by atoms with Crippen molar-refractivity contribution in [3.05, 3.63) is 29.1 Å². The molecule has 0 fully saturated rings. The number of pyridine rings is 1. The van der Waals surface area contributed by atoms with E-state index in [2.05, 4.69) is 10.3 Å². The third-order valence-corrected chi connectivity index (χ3v) is 2.43. The molecule has 0 saturated carbocycles. The van der Waals surface area contributed by atoms with E-state index in [9.17, 15) is 4.79 Å². The van der Waals surface area contributed by atoms with Gasteiger partial charge in [-0.25, -0.2) is 4.79 Å². The monoisotopic (exact) mass is 206 g/mol. The topological polar surface area (TPSA) is 51.2 Å². The number of hydrogen-bond acceptors (Lipinski definition) is 4. The molecule has 1 aromatic heterocycles. The van der Waals surface area contributed by atoms with Gasteiger partial charge in [-0.15, -0.1) is 0 Å². The summed E-state index contributed by atoms with van der Waals surface area (Å²) in [6, 6.07) is 1.89. The van der Waals surface area contributed by atoms with Gasteiger partial charge in [-0.3, -0.25) is 4.98 Å². The number of nitrogens with zero attached hydrogens (tertiary/aromatic N) is 1. The van der Waals surface area contributed by atoms with Crippen molar-refractivity contribution in [2.75, 3.05) is 13.2 Å². The van der Waals surface area contributed by atoms with Crippen molar-refractivity contribution in [1.29, 1.82) is 0 Å². The number of hydrogen-bond donors (Lipinski definition) is 1. The fraction of sp³-hybridized carbons (Fsp3) is 0.455. The molecule has 80 valence electrons. The summed E-state index contributed by atoms with van der Waals surface area (Å²) in [4.78, 5) is 15.7. The number of carbonyl (C=O) groups is 1. The molecule has 0 saturated heterocycles. The Bertz CT molecular complexity index is 377. The van der Waals surface area contributed by atoms with Crippen molar-refractivity contribution in [2.24, 2.45) is 0 Å². The van der Waals surface area contributed by atoms with Gasteiger partial charge in [-0.1, -0.05) is 0 Å². The van der Waals surface area contributed by atoms with Crippen LogP contribution in [-0.4, -0.2) is 24.1 Å². The van der Waals surface area contributed by atoms with Crippen LogP contribution in [0.5, 0.6) is 0 Å². The van der Waals surface area contributed by atoms with E-state index in [0.717, 1.165) is 30.8 Å². The van der Waals surface area contributed by atoms with E-state index in [4.69, 9.17) is 4.74 Å². The van der Waals surface area contributed by atoms with Gasteiger partial charge >= 0.3 is 5.97 Å². The van der Waals surface area contributed by atoms with Gasteiger partial charge in [0.1, 0.15) is 0 Å². The zero-order chi connectivity index (χ0) is 10.7. The Labute approximate surface area is 88.7 Å². The molecule has 15 heavy (non-hydrogen) atoms. The lowest BCUT2D eigenvalue weighted by atomic mass is 10.0. The predicted molar refractivity (Wildman–Crippen MR) is 55.6 cm³/mol. The summed E-state index contributed by atoms with van der Waals surface area (Å²) in [6.07, 6.45) is 2.51. The first-order valence-corrected chi connectivity index (χ1v) is 5.17. The minimum absolute atomic E-state index is 0.286. The minimum Gasteiger partial charge on any atom is -0.462 e. The van der Waals surface area contributed by atoms with Gasteiger partial charge in [0.25, 0.3) is 0 Å². The molecule has 4 heteroatoms. The second kappa shape index (κ2) is 4.40. The van der Waals surface area contributed by atoms with Crippen LogP contribution >= 0.6 is 0 Å². The van der Waals surface area contributed by atoms with Crippen LogP contribution in [0, 0.1) is 0 Å². The van der Waals surface area contributed by atoms with E-state index in [0.29, 0.717) is 12.2 Å². The van der Waals surface area contributed by atoms with E-state index in [-0.39, 0.29) is 5.97 Å². The van der Waals surface area contributed by atoms with Gasteiger partial charge in [0.05, 0.1) is 17.9 Å². The molecule has 4 nitrogen and oxygen atoms in total. The molecular formula is C11H14N2O2. The number of aromatic nitrogens is 1. The quantitative estimate of drug-likeness (QED) is 0.730. The maximum atomic E-state index is 11.5. The van der Waals surface area contributed by atoms with Gasteiger partial charge in [-0.05, 0) is 31.5 Å². The Morgan fingerprint density at radius 3 is 3.33 bits per heavy atom. The van der Waals surface area contributed by atoms with E-state index in [1.807, 2.05) is 6.07 Å². The first-order valence-electron chi connectivity index (χ1n) is 5.17. The average Bonchev–Trinajstić information content (AvgIpc) is 2.29. The Kier molecular flexibility index (Phi) is 2.97. The maximum absolute atomic E-state index is 11.5. The summed E-state index contributed by atoms with van der Waals surface area (Å²) in [7, 11) is 0. The van der Waals surface area contributed by atoms with Gasteiger partial charge in [-0.2, -0.15) is 0 Å². The number of fused-ring (bicyclic) bond motifs is 1. The molecule has 0 aromatic carbocycles. The molecule has 2 rings (SSSR count). The number of ether oxygens (including phenoxy) is 1. The van der Waals surface area contributed by atoms with Crippen LogP contribution < -0.4 is 5.32 Å². The van der Waals surface area contributed by atoms with E-state index < -0.39 is 0 Å². The minimum atomic E-state index is -0.286. The number of nitrogens with one attached hydrogen (secondary N) is 1. The Morgan fingerprint density at radius 1 is 1.67 bits per heavy atom. The van der Waals surface area contributed by atoms with Crippen molar-refractivity contribution in [1.82, 2.24) is 10.3 Å². The zero-order valence-corrected chi connectivity index (χ0v) is 8.75. The molecule has 1 aliphatic rings. The number of esters is 1. The third kappa shape index (κ3) is 2.15. The van der Waals surface area contributed by atoms with Crippen LogP contribution in [0.3, 0.4) is 0 Å². The fourth-order valence-electron chi connectivity index (χ4n) is 1.67. The second-order valence-electron chi connectivity index (χ2n) is 3.48. The smallest absolute Gasteiger partial charge is 0.339 e. The first kappa shape index (κ1) is 10.1. The standard InChI is InChI=1S/C11H14N2O2/c1-2-15-11(14)9-5-8-3-4-12-7-10(8)13-6-9/h5-6,12H,2-4,7H2,1H3. The third-order valence-electron chi connectivity index (χ3n) is 2.43. The van der Waals surface area contributed by atoms with Gasteiger partial charge in [0.2, 0.25) is 0 Å². The van der Waals surface area contributed by atoms with Crippen LogP contribution in [0.2, 0.25) is 0 Å². The summed E-state index contributed by atoms with van der Waals surface area (Å²) in [6.45, 7) is 3.94. The summed E-state index contributed by atoms with van der Waals surface area (Å²) >= 11 is 0. The van der Waals surface area contributed by atoms with Crippen molar-refractivity contribution in [2.45, 2.75) is 19.9 Å². The lowest BCUT2D eigenvalue weighted by Gasteiger charge is -2.16. The zero-order valence-electron chi connectivity index (χ0n) is 8.75. The van der Waals surface area contributed by atoms with Crippen molar-refractivity contribution in [3.8, 4) is 0 Å². The highest BCUT2D eigenvalue weighted by atomic mass is 16.5. The lowest BCUT2D eigenvalue weighted by molar-refractivity contribution is 0.0525. The van der Waals surface area contributed by atoms with Crippen LogP contribution in [0.15, 0.2) is 12.3 Å². The highest BCUT2D eigenvalue weighted by Gasteiger charge is 2.13. The van der Waals surface area contributed by atoms with Gasteiger partial charge in [0, 0.05) is 12.7 Å². The molecular weight excluding hydrogens is 192 g/mol. The molecule has 0 radical (unpaired) electrons. The van der Waals surface area contributed by atoms with Crippen LogP contribution in [-0.2, 0) is 17.7 Å². The SMILES string of the molecule is CCOC(=O)c1cnc2c(c1)CCNC2. The van der Waals surface area contributed by atoms with Crippen LogP contribution in [0.25, 0.3) is 0 Å². The lowest BCUT2D eigenvalue weighted by Crippen LogP contribution is -2.25. The van der Waals surface area contributed by atoms with Gasteiger partial charge in [0.15, 0.2) is 0 Å². The molecule has 0 bridgehead atoms. The van der Waals surface area contributed by atoms with Crippen molar-refractivity contribution < 1.29 is 9.53 Å². The predicted octanol–water partition coefficient (Wildman–Crippen LogP) is 0.904. The molecule has 0 amide bonds. The summed E-state index contributed by atoms with van der Waals surface area (Å²) in [5, 5.41) is 3.24. The maximum Gasteiger partial charge on any atom is 0.339 e. The van der Waals surface area contributed by atoms with E-state index in [1.54, 1.807) is 13.1 Å². The van der Waals surface area contributed by atoms with Crippen molar-refractivity contribution >= 4 is 5.97 Å². The first-order chi connectivity index (χ1) is 7.31. The highest BCUT2D eigenvalue weighted by molar-refractivity contribution is 5.89. The molecule has 0 atom stereocenters. The molecule has 1 N–H and O–H groups in total. The molecule has 0 aliphatic carbocycles. The van der Waals surface area contributed by atoms with Crippen LogP contribution in [0.4, 0.5) is 0 Å². The Morgan fingerprint density at radius 2 is 2.53 bits per heavy atom. The summed E-state index contributed by atoms with van der Waals surface area (Å²) in [5.41, 5.74) is 2.74. The molecule has 1 aliphatic heterocycles. The average molecular weight is 206 g/mol.